The molecule has 0 aliphatic carbocycles. The lowest BCUT2D eigenvalue weighted by molar-refractivity contribution is -0.122. The number of urea groups is 1. The van der Waals surface area contributed by atoms with Gasteiger partial charge in [-0.2, -0.15) is 0 Å². The largest absolute Gasteiger partial charge is 0.493 e. The molecule has 0 spiro atoms. The van der Waals surface area contributed by atoms with Gasteiger partial charge in [-0.25, -0.2) is 9.69 Å². The lowest BCUT2D eigenvalue weighted by Gasteiger charge is -2.26. The van der Waals surface area contributed by atoms with Gasteiger partial charge in [0.15, 0.2) is 18.1 Å². The zero-order valence-electron chi connectivity index (χ0n) is 20.2. The highest BCUT2D eigenvalue weighted by Crippen LogP contribution is 2.37. The van der Waals surface area contributed by atoms with Crippen molar-refractivity contribution in [3.05, 3.63) is 87.4 Å². The van der Waals surface area contributed by atoms with Crippen LogP contribution in [0.1, 0.15) is 11.1 Å². The zero-order chi connectivity index (χ0) is 27.4. The Hall–Kier alpha value is -4.34. The van der Waals surface area contributed by atoms with E-state index >= 15 is 0 Å². The average molecular weight is 554 g/mol. The first kappa shape index (κ1) is 26.7. The van der Waals surface area contributed by atoms with Crippen LogP contribution in [-0.2, 0) is 14.4 Å². The van der Waals surface area contributed by atoms with Gasteiger partial charge < -0.3 is 14.8 Å². The van der Waals surface area contributed by atoms with Crippen LogP contribution in [0.4, 0.5) is 16.2 Å². The Morgan fingerprint density at radius 3 is 2.47 bits per heavy atom. The molecule has 9 nitrogen and oxygen atoms in total. The number of carbonyl (C=O) groups excluding carboxylic acids is 4. The van der Waals surface area contributed by atoms with Gasteiger partial charge in [0, 0.05) is 10.7 Å². The number of nitrogens with zero attached hydrogens (tertiary/aromatic N) is 1. The van der Waals surface area contributed by atoms with Crippen LogP contribution < -0.4 is 25.0 Å². The van der Waals surface area contributed by atoms with E-state index in [2.05, 4.69) is 10.6 Å². The van der Waals surface area contributed by atoms with Gasteiger partial charge in [-0.05, 0) is 72.7 Å². The number of carbonyl (C=O) groups is 4. The van der Waals surface area contributed by atoms with Crippen molar-refractivity contribution in [2.75, 3.05) is 23.9 Å². The normalized spacial score (nSPS) is 14.4. The van der Waals surface area contributed by atoms with E-state index in [0.29, 0.717) is 16.3 Å². The van der Waals surface area contributed by atoms with Gasteiger partial charge in [0.25, 0.3) is 17.7 Å². The van der Waals surface area contributed by atoms with Crippen molar-refractivity contribution in [2.24, 2.45) is 0 Å². The fourth-order valence-electron chi connectivity index (χ4n) is 3.67. The summed E-state index contributed by atoms with van der Waals surface area (Å²) in [5.74, 6) is -1.83. The summed E-state index contributed by atoms with van der Waals surface area (Å²) in [6, 6.07) is 15.3. The van der Waals surface area contributed by atoms with E-state index in [1.807, 2.05) is 25.1 Å². The second-order valence-corrected chi connectivity index (χ2v) is 9.02. The monoisotopic (exact) mass is 553 g/mol. The minimum absolute atomic E-state index is 0.0776. The molecule has 4 rings (SSSR count). The molecule has 1 aliphatic heterocycles. The van der Waals surface area contributed by atoms with E-state index in [1.54, 1.807) is 6.07 Å². The van der Waals surface area contributed by atoms with E-state index < -0.39 is 23.8 Å². The molecule has 0 radical (unpaired) electrons. The SMILES string of the molecule is COc1cc(/C=C2\C(=O)NC(=O)N(c3ccc(Cl)cc3)C2=O)cc(Cl)c1OCC(=O)Nc1cccc(C)c1. The number of imide groups is 2. The van der Waals surface area contributed by atoms with E-state index in [1.165, 1.54) is 49.6 Å². The number of anilines is 2. The number of ether oxygens (including phenoxy) is 2. The number of methoxy groups -OCH3 is 1. The number of rotatable bonds is 7. The van der Waals surface area contributed by atoms with Crippen molar-refractivity contribution in [2.45, 2.75) is 6.92 Å². The number of aryl methyl sites for hydroxylation is 1. The quantitative estimate of drug-likeness (QED) is 0.314. The predicted molar refractivity (Wildman–Crippen MR) is 144 cm³/mol. The van der Waals surface area contributed by atoms with Gasteiger partial charge in [-0.1, -0.05) is 35.3 Å². The summed E-state index contributed by atoms with van der Waals surface area (Å²) in [5, 5.41) is 5.37. The minimum atomic E-state index is -0.886. The molecule has 1 saturated heterocycles. The van der Waals surface area contributed by atoms with Crippen LogP contribution in [0.3, 0.4) is 0 Å². The van der Waals surface area contributed by atoms with Gasteiger partial charge >= 0.3 is 6.03 Å². The van der Waals surface area contributed by atoms with Crippen molar-refractivity contribution in [1.82, 2.24) is 5.32 Å². The molecule has 11 heteroatoms. The number of halogens is 2. The maximum absolute atomic E-state index is 13.1. The molecule has 1 fully saturated rings. The third-order valence-corrected chi connectivity index (χ3v) is 5.93. The molecule has 1 heterocycles. The molecule has 38 heavy (non-hydrogen) atoms. The molecule has 0 aromatic heterocycles. The zero-order valence-corrected chi connectivity index (χ0v) is 21.7. The van der Waals surface area contributed by atoms with E-state index in [9.17, 15) is 19.2 Å². The molecule has 0 saturated carbocycles. The number of nitrogens with one attached hydrogen (secondary N) is 2. The first-order chi connectivity index (χ1) is 18.2. The Bertz CT molecular complexity index is 1470. The molecule has 3 aromatic rings. The molecule has 3 aromatic carbocycles. The van der Waals surface area contributed by atoms with Crippen LogP contribution in [0.5, 0.6) is 11.5 Å². The lowest BCUT2D eigenvalue weighted by Crippen LogP contribution is -2.54. The van der Waals surface area contributed by atoms with Crippen LogP contribution in [0, 0.1) is 6.92 Å². The fraction of sp³-hybridized carbons (Fsp3) is 0.111. The Balaban J connectivity index is 1.55. The van der Waals surface area contributed by atoms with E-state index in [0.717, 1.165) is 10.5 Å². The van der Waals surface area contributed by atoms with E-state index in [4.69, 9.17) is 32.7 Å². The summed E-state index contributed by atoms with van der Waals surface area (Å²) in [6.07, 6.45) is 1.27. The van der Waals surface area contributed by atoms with Crippen molar-refractivity contribution < 1.29 is 28.7 Å². The first-order valence-corrected chi connectivity index (χ1v) is 12.0. The molecule has 1 aliphatic rings. The maximum Gasteiger partial charge on any atom is 0.335 e. The fourth-order valence-corrected chi connectivity index (χ4v) is 4.07. The maximum atomic E-state index is 13.1. The van der Waals surface area contributed by atoms with Crippen LogP contribution in [0.15, 0.2) is 66.2 Å². The number of hydrogen-bond donors (Lipinski definition) is 2. The average Bonchev–Trinajstić information content (AvgIpc) is 2.86. The molecule has 194 valence electrons. The summed E-state index contributed by atoms with van der Waals surface area (Å²) < 4.78 is 11.0. The van der Waals surface area contributed by atoms with Gasteiger partial charge in [0.1, 0.15) is 5.57 Å². The molecule has 0 bridgehead atoms. The van der Waals surface area contributed by atoms with Gasteiger partial charge in [0.2, 0.25) is 0 Å². The number of amides is 5. The van der Waals surface area contributed by atoms with Crippen molar-refractivity contribution in [3.63, 3.8) is 0 Å². The van der Waals surface area contributed by atoms with Gasteiger partial charge in [-0.3, -0.25) is 19.7 Å². The Morgan fingerprint density at radius 2 is 1.79 bits per heavy atom. The first-order valence-electron chi connectivity index (χ1n) is 11.2. The van der Waals surface area contributed by atoms with E-state index in [-0.39, 0.29) is 34.4 Å². The molecule has 5 amide bonds. The Morgan fingerprint density at radius 1 is 1.05 bits per heavy atom. The highest BCUT2D eigenvalue weighted by atomic mass is 35.5. The standard InChI is InChI=1S/C27H21Cl2N3O6/c1-15-4-3-5-18(10-15)30-23(33)14-38-24-21(29)12-16(13-22(24)37-2)11-20-25(34)31-27(36)32(26(20)35)19-8-6-17(28)7-9-19/h3-13H,14H2,1-2H3,(H,30,33)(H,31,34,36)/b20-11+. The summed E-state index contributed by atoms with van der Waals surface area (Å²) in [4.78, 5) is 51.2. The summed E-state index contributed by atoms with van der Waals surface area (Å²) in [5.41, 5.74) is 1.87. The Kier molecular flexibility index (Phi) is 7.99. The molecular formula is C27H21Cl2N3O6. The van der Waals surface area contributed by atoms with Crippen LogP contribution in [0.25, 0.3) is 6.08 Å². The molecule has 0 unspecified atom stereocenters. The van der Waals surface area contributed by atoms with Crippen LogP contribution in [0.2, 0.25) is 10.0 Å². The highest BCUT2D eigenvalue weighted by molar-refractivity contribution is 6.39. The summed E-state index contributed by atoms with van der Waals surface area (Å²) in [6.45, 7) is 1.56. The van der Waals surface area contributed by atoms with Crippen molar-refractivity contribution >= 4 is 64.4 Å². The van der Waals surface area contributed by atoms with Crippen LogP contribution in [-0.4, -0.2) is 37.5 Å². The van der Waals surface area contributed by atoms with Crippen molar-refractivity contribution in [3.8, 4) is 11.5 Å². The van der Waals surface area contributed by atoms with Crippen molar-refractivity contribution in [1.29, 1.82) is 0 Å². The van der Waals surface area contributed by atoms with Crippen LogP contribution >= 0.6 is 23.2 Å². The second kappa shape index (κ2) is 11.4. The third kappa shape index (κ3) is 5.96. The number of hydrogen-bond acceptors (Lipinski definition) is 6. The molecular weight excluding hydrogens is 533 g/mol. The smallest absolute Gasteiger partial charge is 0.335 e. The predicted octanol–water partition coefficient (Wildman–Crippen LogP) is 4.99. The second-order valence-electron chi connectivity index (χ2n) is 8.17. The molecule has 2 N–H and O–H groups in total. The summed E-state index contributed by atoms with van der Waals surface area (Å²) in [7, 11) is 1.38. The number of barbiturate groups is 1. The highest BCUT2D eigenvalue weighted by Gasteiger charge is 2.36. The molecule has 0 atom stereocenters. The Labute approximate surface area is 227 Å². The van der Waals surface area contributed by atoms with Gasteiger partial charge in [0.05, 0.1) is 17.8 Å². The lowest BCUT2D eigenvalue weighted by atomic mass is 10.1. The van der Waals surface area contributed by atoms with Gasteiger partial charge in [-0.15, -0.1) is 0 Å². The summed E-state index contributed by atoms with van der Waals surface area (Å²) >= 11 is 12.3. The minimum Gasteiger partial charge on any atom is -0.493 e. The number of benzene rings is 3. The third-order valence-electron chi connectivity index (χ3n) is 5.40. The topological polar surface area (TPSA) is 114 Å².